The highest BCUT2D eigenvalue weighted by Crippen LogP contribution is 2.40. The number of furan rings is 1. The molecule has 0 amide bonds. The van der Waals surface area contributed by atoms with Gasteiger partial charge in [0, 0.05) is 33.0 Å². The maximum atomic E-state index is 6.52. The molecule has 0 N–H and O–H groups in total. The van der Waals surface area contributed by atoms with Crippen LogP contribution in [0.15, 0.2) is 199 Å². The molecule has 0 radical (unpaired) electrons. The van der Waals surface area contributed by atoms with Gasteiger partial charge in [-0.3, -0.25) is 0 Å². The molecule has 0 aliphatic carbocycles. The standard InChI is InChI=1S/C50H32N2O/c1-4-13-33(14-5-1)36-23-24-38-28-39(26-25-37(38)27-36)46-32-47(52-50(51-46)35-17-8-3-9-18-35)42-30-40(34-15-6-2-7-16-34)29-41(31-42)43-20-12-21-45-44-19-10-11-22-48(44)53-49(43)45/h1-32H. The second-order valence-corrected chi connectivity index (χ2v) is 13.4. The van der Waals surface area contributed by atoms with Crippen LogP contribution in [0.3, 0.4) is 0 Å². The van der Waals surface area contributed by atoms with Crippen LogP contribution in [0.5, 0.6) is 0 Å². The third kappa shape index (κ3) is 5.75. The molecule has 53 heavy (non-hydrogen) atoms. The molecule has 10 rings (SSSR count). The second-order valence-electron chi connectivity index (χ2n) is 13.4. The summed E-state index contributed by atoms with van der Waals surface area (Å²) in [7, 11) is 0. The Hall–Kier alpha value is -7.10. The summed E-state index contributed by atoms with van der Waals surface area (Å²) in [6.07, 6.45) is 0. The third-order valence-corrected chi connectivity index (χ3v) is 10.1. The van der Waals surface area contributed by atoms with Gasteiger partial charge in [-0.15, -0.1) is 0 Å². The maximum Gasteiger partial charge on any atom is 0.160 e. The third-order valence-electron chi connectivity index (χ3n) is 10.1. The van der Waals surface area contributed by atoms with E-state index in [0.717, 1.165) is 77.7 Å². The Morgan fingerprint density at radius 3 is 1.60 bits per heavy atom. The first-order valence-corrected chi connectivity index (χ1v) is 17.9. The number of rotatable bonds is 6. The first kappa shape index (κ1) is 30.7. The van der Waals surface area contributed by atoms with Crippen LogP contribution in [-0.2, 0) is 0 Å². The smallest absolute Gasteiger partial charge is 0.160 e. The molecule has 0 aliphatic rings. The van der Waals surface area contributed by atoms with Crippen molar-refractivity contribution in [2.24, 2.45) is 0 Å². The molecule has 248 valence electrons. The van der Waals surface area contributed by atoms with E-state index in [-0.39, 0.29) is 0 Å². The van der Waals surface area contributed by atoms with Gasteiger partial charge in [0.25, 0.3) is 0 Å². The van der Waals surface area contributed by atoms with Crippen LogP contribution < -0.4 is 0 Å². The van der Waals surface area contributed by atoms with Crippen molar-refractivity contribution in [1.29, 1.82) is 0 Å². The molecular formula is C50H32N2O. The molecule has 0 unspecified atom stereocenters. The van der Waals surface area contributed by atoms with Crippen molar-refractivity contribution in [2.75, 3.05) is 0 Å². The monoisotopic (exact) mass is 676 g/mol. The van der Waals surface area contributed by atoms with Gasteiger partial charge in [-0.1, -0.05) is 152 Å². The van der Waals surface area contributed by atoms with Gasteiger partial charge in [-0.05, 0) is 81.1 Å². The fourth-order valence-corrected chi connectivity index (χ4v) is 7.38. The fourth-order valence-electron chi connectivity index (χ4n) is 7.38. The molecule has 3 nitrogen and oxygen atoms in total. The molecule has 0 saturated carbocycles. The quantitative estimate of drug-likeness (QED) is 0.176. The molecule has 2 aromatic heterocycles. The lowest BCUT2D eigenvalue weighted by Crippen LogP contribution is -1.96. The molecular weight excluding hydrogens is 645 g/mol. The number of hydrogen-bond acceptors (Lipinski definition) is 3. The van der Waals surface area contributed by atoms with E-state index in [0.29, 0.717) is 5.82 Å². The number of hydrogen-bond donors (Lipinski definition) is 0. The fraction of sp³-hybridized carbons (Fsp3) is 0. The highest BCUT2D eigenvalue weighted by atomic mass is 16.3. The Labute approximate surface area is 307 Å². The molecule has 0 saturated heterocycles. The lowest BCUT2D eigenvalue weighted by molar-refractivity contribution is 0.670. The van der Waals surface area contributed by atoms with E-state index in [2.05, 4.69) is 164 Å². The van der Waals surface area contributed by atoms with Gasteiger partial charge in [0.1, 0.15) is 11.2 Å². The first-order valence-electron chi connectivity index (χ1n) is 17.9. The van der Waals surface area contributed by atoms with Crippen LogP contribution in [0.1, 0.15) is 0 Å². The van der Waals surface area contributed by atoms with Crippen molar-refractivity contribution in [1.82, 2.24) is 9.97 Å². The average Bonchev–Trinajstić information content (AvgIpc) is 3.63. The Balaban J connectivity index is 1.16. The van der Waals surface area contributed by atoms with Crippen molar-refractivity contribution in [2.45, 2.75) is 0 Å². The van der Waals surface area contributed by atoms with Gasteiger partial charge in [0.15, 0.2) is 5.82 Å². The van der Waals surface area contributed by atoms with E-state index in [1.165, 1.54) is 16.5 Å². The SMILES string of the molecule is c1ccc(-c2cc(-c3cc(-c4ccc5cc(-c6ccccc6)ccc5c4)nc(-c4ccccc4)n3)cc(-c3cccc4c3oc3ccccc34)c2)cc1. The highest BCUT2D eigenvalue weighted by molar-refractivity contribution is 6.10. The molecule has 0 bridgehead atoms. The largest absolute Gasteiger partial charge is 0.455 e. The van der Waals surface area contributed by atoms with Crippen molar-refractivity contribution in [3.63, 3.8) is 0 Å². The molecule has 10 aromatic rings. The van der Waals surface area contributed by atoms with E-state index in [9.17, 15) is 0 Å². The summed E-state index contributed by atoms with van der Waals surface area (Å²) >= 11 is 0. The van der Waals surface area contributed by atoms with Crippen LogP contribution in [0, 0.1) is 0 Å². The van der Waals surface area contributed by atoms with Crippen LogP contribution in [-0.4, -0.2) is 9.97 Å². The molecule has 0 fully saturated rings. The molecule has 2 heterocycles. The van der Waals surface area contributed by atoms with E-state index >= 15 is 0 Å². The predicted octanol–water partition coefficient (Wildman–Crippen LogP) is 13.5. The first-order chi connectivity index (χ1) is 26.2. The van der Waals surface area contributed by atoms with Crippen LogP contribution in [0.25, 0.3) is 100.0 Å². The van der Waals surface area contributed by atoms with Crippen LogP contribution >= 0.6 is 0 Å². The summed E-state index contributed by atoms with van der Waals surface area (Å²) in [5.74, 6) is 0.684. The number of aromatic nitrogens is 2. The van der Waals surface area contributed by atoms with Gasteiger partial charge in [-0.2, -0.15) is 0 Å². The van der Waals surface area contributed by atoms with Gasteiger partial charge >= 0.3 is 0 Å². The summed E-state index contributed by atoms with van der Waals surface area (Å²) in [6.45, 7) is 0. The summed E-state index contributed by atoms with van der Waals surface area (Å²) in [5, 5.41) is 4.57. The second kappa shape index (κ2) is 12.9. The zero-order valence-electron chi connectivity index (χ0n) is 28.8. The molecule has 3 heteroatoms. The summed E-state index contributed by atoms with van der Waals surface area (Å²) < 4.78 is 6.52. The molecule has 0 spiro atoms. The average molecular weight is 677 g/mol. The van der Waals surface area contributed by atoms with E-state index in [1.54, 1.807) is 0 Å². The maximum absolute atomic E-state index is 6.52. The Kier molecular flexibility index (Phi) is 7.47. The van der Waals surface area contributed by atoms with Crippen molar-refractivity contribution in [3.8, 4) is 67.3 Å². The zero-order valence-corrected chi connectivity index (χ0v) is 28.8. The van der Waals surface area contributed by atoms with E-state index < -0.39 is 0 Å². The van der Waals surface area contributed by atoms with Crippen LogP contribution in [0.4, 0.5) is 0 Å². The number of para-hydroxylation sites is 2. The van der Waals surface area contributed by atoms with E-state index in [4.69, 9.17) is 14.4 Å². The van der Waals surface area contributed by atoms with Crippen molar-refractivity contribution >= 4 is 32.7 Å². The van der Waals surface area contributed by atoms with Gasteiger partial charge in [-0.25, -0.2) is 9.97 Å². The normalized spacial score (nSPS) is 11.4. The molecule has 8 aromatic carbocycles. The summed E-state index contributed by atoms with van der Waals surface area (Å²) in [5.41, 5.74) is 13.2. The topological polar surface area (TPSA) is 38.9 Å². The summed E-state index contributed by atoms with van der Waals surface area (Å²) in [4.78, 5) is 10.4. The Morgan fingerprint density at radius 2 is 0.868 bits per heavy atom. The van der Waals surface area contributed by atoms with Gasteiger partial charge in [0.2, 0.25) is 0 Å². The minimum atomic E-state index is 0.684. The number of benzene rings is 8. The van der Waals surface area contributed by atoms with Crippen molar-refractivity contribution < 1.29 is 4.42 Å². The number of nitrogens with zero attached hydrogens (tertiary/aromatic N) is 2. The highest BCUT2D eigenvalue weighted by Gasteiger charge is 2.17. The summed E-state index contributed by atoms with van der Waals surface area (Å²) in [6, 6.07) is 68.1. The molecule has 0 aliphatic heterocycles. The Bertz CT molecular complexity index is 2930. The zero-order chi connectivity index (χ0) is 35.1. The van der Waals surface area contributed by atoms with E-state index in [1.807, 2.05) is 30.3 Å². The van der Waals surface area contributed by atoms with Crippen molar-refractivity contribution in [3.05, 3.63) is 194 Å². The van der Waals surface area contributed by atoms with Crippen LogP contribution in [0.2, 0.25) is 0 Å². The van der Waals surface area contributed by atoms with Gasteiger partial charge < -0.3 is 4.42 Å². The minimum Gasteiger partial charge on any atom is -0.455 e. The minimum absolute atomic E-state index is 0.684. The number of fused-ring (bicyclic) bond motifs is 4. The lowest BCUT2D eigenvalue weighted by atomic mass is 9.93. The lowest BCUT2D eigenvalue weighted by Gasteiger charge is -2.14. The molecule has 0 atom stereocenters. The van der Waals surface area contributed by atoms with Gasteiger partial charge in [0.05, 0.1) is 11.4 Å². The Morgan fingerprint density at radius 1 is 0.321 bits per heavy atom. The predicted molar refractivity (Wildman–Crippen MR) is 219 cm³/mol.